The SMILES string of the molecule is CC(C)c1ccc2c(c1)c1c(n2Cc2ccc(C(F)(F)F)cc2)C(CC(=O)O)CCC1c1ccc(F)cc1. The second kappa shape index (κ2) is 9.93. The molecule has 1 N–H and O–H groups in total. The van der Waals surface area contributed by atoms with Crippen LogP contribution in [0.2, 0.25) is 0 Å². The van der Waals surface area contributed by atoms with E-state index in [2.05, 4.69) is 30.5 Å². The van der Waals surface area contributed by atoms with Crippen LogP contribution >= 0.6 is 0 Å². The van der Waals surface area contributed by atoms with Gasteiger partial charge in [-0.15, -0.1) is 0 Å². The van der Waals surface area contributed by atoms with Crippen molar-refractivity contribution in [3.63, 3.8) is 0 Å². The Morgan fingerprint density at radius 2 is 1.68 bits per heavy atom. The lowest BCUT2D eigenvalue weighted by molar-refractivity contribution is -0.138. The van der Waals surface area contributed by atoms with Crippen molar-refractivity contribution >= 4 is 16.9 Å². The largest absolute Gasteiger partial charge is 0.481 e. The molecular formula is C31H29F4NO2. The third-order valence-corrected chi connectivity index (χ3v) is 7.69. The van der Waals surface area contributed by atoms with E-state index in [4.69, 9.17) is 0 Å². The first-order valence-corrected chi connectivity index (χ1v) is 12.8. The van der Waals surface area contributed by atoms with Crippen LogP contribution in [-0.4, -0.2) is 15.6 Å². The van der Waals surface area contributed by atoms with E-state index in [1.165, 1.54) is 24.3 Å². The Balaban J connectivity index is 1.72. The summed E-state index contributed by atoms with van der Waals surface area (Å²) in [6, 6.07) is 17.8. The average Bonchev–Trinajstić information content (AvgIpc) is 3.18. The van der Waals surface area contributed by atoms with Crippen molar-refractivity contribution in [1.82, 2.24) is 4.57 Å². The zero-order valence-electron chi connectivity index (χ0n) is 21.2. The highest BCUT2D eigenvalue weighted by molar-refractivity contribution is 5.88. The number of alkyl halides is 3. The van der Waals surface area contributed by atoms with Crippen molar-refractivity contribution in [3.8, 4) is 0 Å². The molecule has 0 aliphatic heterocycles. The molecule has 2 atom stereocenters. The molecular weight excluding hydrogens is 494 g/mol. The number of aliphatic carboxylic acids is 1. The molecule has 7 heteroatoms. The molecule has 0 bridgehead atoms. The first-order valence-electron chi connectivity index (χ1n) is 12.8. The Bertz CT molecular complexity index is 1470. The normalized spacial score (nSPS) is 17.7. The lowest BCUT2D eigenvalue weighted by Gasteiger charge is -2.31. The number of benzene rings is 3. The predicted molar refractivity (Wildman–Crippen MR) is 139 cm³/mol. The van der Waals surface area contributed by atoms with E-state index in [-0.39, 0.29) is 30.0 Å². The van der Waals surface area contributed by atoms with Gasteiger partial charge in [-0.3, -0.25) is 4.79 Å². The average molecular weight is 524 g/mol. The topological polar surface area (TPSA) is 42.2 Å². The molecule has 1 heterocycles. The van der Waals surface area contributed by atoms with Gasteiger partial charge in [-0.25, -0.2) is 4.39 Å². The maximum Gasteiger partial charge on any atom is 0.416 e. The van der Waals surface area contributed by atoms with Crippen LogP contribution in [0.4, 0.5) is 17.6 Å². The highest BCUT2D eigenvalue weighted by Crippen LogP contribution is 2.49. The molecule has 1 aliphatic rings. The van der Waals surface area contributed by atoms with Gasteiger partial charge in [-0.2, -0.15) is 13.2 Å². The standard InChI is InChI=1S/C31H29F4NO2/c1-18(2)21-8-14-27-26(15-21)29-25(20-5-11-24(32)12-6-20)13-7-22(16-28(37)38)30(29)36(27)17-19-3-9-23(10-4-19)31(33,34)35/h3-6,8-12,14-15,18,22,25H,7,13,16-17H2,1-2H3,(H,37,38). The lowest BCUT2D eigenvalue weighted by atomic mass is 9.75. The number of carbonyl (C=O) groups is 1. The van der Waals surface area contributed by atoms with Crippen molar-refractivity contribution in [2.24, 2.45) is 0 Å². The van der Waals surface area contributed by atoms with Gasteiger partial charge in [0.25, 0.3) is 0 Å². The summed E-state index contributed by atoms with van der Waals surface area (Å²) in [5.41, 5.74) is 4.96. The molecule has 0 amide bonds. The molecule has 0 spiro atoms. The van der Waals surface area contributed by atoms with Gasteiger partial charge in [0.2, 0.25) is 0 Å². The number of hydrogen-bond donors (Lipinski definition) is 1. The molecule has 0 saturated heterocycles. The monoisotopic (exact) mass is 523 g/mol. The Morgan fingerprint density at radius 1 is 1.00 bits per heavy atom. The first-order chi connectivity index (χ1) is 18.0. The molecule has 1 aliphatic carbocycles. The van der Waals surface area contributed by atoms with Gasteiger partial charge in [0.05, 0.1) is 12.0 Å². The van der Waals surface area contributed by atoms with Gasteiger partial charge in [-0.05, 0) is 77.4 Å². The van der Waals surface area contributed by atoms with Crippen LogP contribution in [0.15, 0.2) is 66.7 Å². The fourth-order valence-corrected chi connectivity index (χ4v) is 5.82. The van der Waals surface area contributed by atoms with Crippen LogP contribution in [0.25, 0.3) is 10.9 Å². The van der Waals surface area contributed by atoms with Gasteiger partial charge < -0.3 is 9.67 Å². The highest BCUT2D eigenvalue weighted by Gasteiger charge is 2.36. The summed E-state index contributed by atoms with van der Waals surface area (Å²) in [6.07, 6.45) is -3.09. The maximum atomic E-state index is 13.8. The summed E-state index contributed by atoms with van der Waals surface area (Å²) in [5.74, 6) is -1.23. The maximum absolute atomic E-state index is 13.8. The van der Waals surface area contributed by atoms with Crippen LogP contribution in [0.3, 0.4) is 0 Å². The van der Waals surface area contributed by atoms with Crippen LogP contribution < -0.4 is 0 Å². The molecule has 0 fully saturated rings. The third kappa shape index (κ3) is 4.94. The Hall–Kier alpha value is -3.61. The summed E-state index contributed by atoms with van der Waals surface area (Å²) in [5, 5.41) is 10.7. The van der Waals surface area contributed by atoms with Crippen molar-refractivity contribution in [2.75, 3.05) is 0 Å². The molecule has 0 radical (unpaired) electrons. The highest BCUT2D eigenvalue weighted by atomic mass is 19.4. The molecule has 1 aromatic heterocycles. The number of hydrogen-bond acceptors (Lipinski definition) is 1. The number of fused-ring (bicyclic) bond motifs is 3. The second-order valence-electron chi connectivity index (χ2n) is 10.5. The smallest absolute Gasteiger partial charge is 0.416 e. The minimum Gasteiger partial charge on any atom is -0.481 e. The van der Waals surface area contributed by atoms with E-state index >= 15 is 0 Å². The lowest BCUT2D eigenvalue weighted by Crippen LogP contribution is -2.20. The zero-order chi connectivity index (χ0) is 27.2. The Morgan fingerprint density at radius 3 is 2.29 bits per heavy atom. The second-order valence-corrected chi connectivity index (χ2v) is 10.5. The number of carboxylic acid groups (broad SMARTS) is 1. The van der Waals surface area contributed by atoms with Gasteiger partial charge in [0, 0.05) is 35.0 Å². The zero-order valence-corrected chi connectivity index (χ0v) is 21.2. The minimum atomic E-state index is -4.42. The van der Waals surface area contributed by atoms with E-state index in [1.54, 1.807) is 12.1 Å². The van der Waals surface area contributed by atoms with Crippen LogP contribution in [0.1, 0.15) is 84.4 Å². The number of halogens is 4. The van der Waals surface area contributed by atoms with Crippen LogP contribution in [0.5, 0.6) is 0 Å². The quantitative estimate of drug-likeness (QED) is 0.258. The molecule has 4 aromatic rings. The number of carboxylic acids is 1. The number of nitrogens with zero attached hydrogens (tertiary/aromatic N) is 1. The van der Waals surface area contributed by atoms with E-state index in [0.29, 0.717) is 18.5 Å². The molecule has 2 unspecified atom stereocenters. The molecule has 3 nitrogen and oxygen atoms in total. The van der Waals surface area contributed by atoms with Gasteiger partial charge in [0.1, 0.15) is 5.82 Å². The number of rotatable bonds is 6. The summed E-state index contributed by atoms with van der Waals surface area (Å²) in [4.78, 5) is 11.9. The van der Waals surface area contributed by atoms with Crippen LogP contribution in [-0.2, 0) is 17.5 Å². The summed E-state index contributed by atoms with van der Waals surface area (Å²) in [7, 11) is 0. The molecule has 5 rings (SSSR count). The molecule has 0 saturated carbocycles. The Kier molecular flexibility index (Phi) is 6.80. The Labute approximate surface area is 218 Å². The van der Waals surface area contributed by atoms with Crippen molar-refractivity contribution < 1.29 is 27.5 Å². The third-order valence-electron chi connectivity index (χ3n) is 7.69. The van der Waals surface area contributed by atoms with E-state index < -0.39 is 17.7 Å². The van der Waals surface area contributed by atoms with Crippen molar-refractivity contribution in [1.29, 1.82) is 0 Å². The number of aromatic nitrogens is 1. The fourth-order valence-electron chi connectivity index (χ4n) is 5.82. The first kappa shape index (κ1) is 26.0. The van der Waals surface area contributed by atoms with Crippen LogP contribution in [0, 0.1) is 5.82 Å². The van der Waals surface area contributed by atoms with E-state index in [9.17, 15) is 27.5 Å². The van der Waals surface area contributed by atoms with E-state index in [0.717, 1.165) is 51.8 Å². The predicted octanol–water partition coefficient (Wildman–Crippen LogP) is 8.45. The van der Waals surface area contributed by atoms with Gasteiger partial charge in [-0.1, -0.05) is 44.2 Å². The molecule has 3 aromatic carbocycles. The summed E-state index contributed by atoms with van der Waals surface area (Å²) < 4.78 is 55.3. The van der Waals surface area contributed by atoms with E-state index in [1.807, 2.05) is 6.07 Å². The minimum absolute atomic E-state index is 0.0382. The van der Waals surface area contributed by atoms with Crippen molar-refractivity contribution in [2.45, 2.75) is 63.6 Å². The summed E-state index contributed by atoms with van der Waals surface area (Å²) in [6.45, 7) is 4.53. The summed E-state index contributed by atoms with van der Waals surface area (Å²) >= 11 is 0. The molecule has 198 valence electrons. The molecule has 38 heavy (non-hydrogen) atoms. The fraction of sp³-hybridized carbons (Fsp3) is 0.323. The van der Waals surface area contributed by atoms with Gasteiger partial charge >= 0.3 is 12.1 Å². The van der Waals surface area contributed by atoms with Gasteiger partial charge in [0.15, 0.2) is 0 Å². The van der Waals surface area contributed by atoms with Crippen molar-refractivity contribution in [3.05, 3.63) is 106 Å².